The topological polar surface area (TPSA) is 56.4 Å². The van der Waals surface area contributed by atoms with E-state index in [-0.39, 0.29) is 12.4 Å². The summed E-state index contributed by atoms with van der Waals surface area (Å²) < 4.78 is 15.0. The van der Waals surface area contributed by atoms with Crippen molar-refractivity contribution in [3.63, 3.8) is 0 Å². The largest absolute Gasteiger partial charge is 0.502 e. The molecule has 0 spiro atoms. The van der Waals surface area contributed by atoms with Crippen molar-refractivity contribution in [2.24, 2.45) is 0 Å². The molecular formula is C23H22FN2O2S+. The van der Waals surface area contributed by atoms with Crippen LogP contribution in [0, 0.1) is 5.82 Å². The van der Waals surface area contributed by atoms with E-state index in [0.29, 0.717) is 21.8 Å². The van der Waals surface area contributed by atoms with E-state index >= 15 is 0 Å². The van der Waals surface area contributed by atoms with Crippen molar-refractivity contribution in [1.82, 2.24) is 0 Å². The second-order valence-electron chi connectivity index (χ2n) is 6.49. The van der Waals surface area contributed by atoms with Crippen molar-refractivity contribution >= 4 is 34.3 Å². The summed E-state index contributed by atoms with van der Waals surface area (Å²) in [4.78, 5) is 0.292. The standard InChI is InChI=1S/C23H21FN2O2S/c1-2-16-5-3-7-20(13-16)25-23(29)21(26-12-4-6-17(14-26)15-27)22(28)18-8-10-19(24)11-9-18/h3-14,27H,2,15H2,1H3,(H-,25,28,29)/p+1. The zero-order chi connectivity index (χ0) is 20.8. The second-order valence-corrected chi connectivity index (χ2v) is 6.90. The van der Waals surface area contributed by atoms with E-state index in [1.165, 1.54) is 24.3 Å². The van der Waals surface area contributed by atoms with Crippen molar-refractivity contribution in [3.8, 4) is 0 Å². The Morgan fingerprint density at radius 2 is 1.79 bits per heavy atom. The van der Waals surface area contributed by atoms with Gasteiger partial charge < -0.3 is 15.5 Å². The number of aliphatic hydroxyl groups excluding tert-OH is 2. The first-order valence-corrected chi connectivity index (χ1v) is 9.63. The fourth-order valence-corrected chi connectivity index (χ4v) is 3.23. The molecule has 0 fully saturated rings. The number of aryl methyl sites for hydroxylation is 1. The summed E-state index contributed by atoms with van der Waals surface area (Å²) >= 11 is 5.61. The fourth-order valence-electron chi connectivity index (χ4n) is 2.91. The molecule has 6 heteroatoms. The Labute approximate surface area is 174 Å². The maximum atomic E-state index is 13.3. The van der Waals surface area contributed by atoms with E-state index < -0.39 is 5.82 Å². The number of halogens is 1. The number of hydrogen-bond acceptors (Lipinski definition) is 3. The first-order valence-electron chi connectivity index (χ1n) is 9.22. The molecule has 0 saturated carbocycles. The van der Waals surface area contributed by atoms with Crippen LogP contribution in [0.5, 0.6) is 0 Å². The number of aromatic nitrogens is 1. The third-order valence-corrected chi connectivity index (χ3v) is 4.75. The van der Waals surface area contributed by atoms with Crippen molar-refractivity contribution in [1.29, 1.82) is 0 Å². The zero-order valence-corrected chi connectivity index (χ0v) is 16.8. The highest BCUT2D eigenvalue weighted by Gasteiger charge is 2.24. The summed E-state index contributed by atoms with van der Waals surface area (Å²) in [5, 5.41) is 23.6. The number of thiocarbonyl (C=S) groups is 1. The van der Waals surface area contributed by atoms with E-state index in [1.807, 2.05) is 24.3 Å². The average Bonchev–Trinajstić information content (AvgIpc) is 2.74. The first kappa shape index (κ1) is 20.6. The van der Waals surface area contributed by atoms with Crippen molar-refractivity contribution in [2.75, 3.05) is 5.32 Å². The lowest BCUT2D eigenvalue weighted by Crippen LogP contribution is -2.39. The van der Waals surface area contributed by atoms with Crippen LogP contribution in [0.15, 0.2) is 73.1 Å². The minimum Gasteiger partial charge on any atom is -0.502 e. The minimum absolute atomic E-state index is 0.103. The van der Waals surface area contributed by atoms with Gasteiger partial charge in [0.1, 0.15) is 5.82 Å². The maximum Gasteiger partial charge on any atom is 0.288 e. The minimum atomic E-state index is -0.393. The summed E-state index contributed by atoms with van der Waals surface area (Å²) in [6, 6.07) is 16.9. The van der Waals surface area contributed by atoms with Crippen molar-refractivity contribution < 1.29 is 19.2 Å². The van der Waals surface area contributed by atoms with Gasteiger partial charge in [-0.2, -0.15) is 4.57 Å². The highest BCUT2D eigenvalue weighted by molar-refractivity contribution is 7.81. The van der Waals surface area contributed by atoms with E-state index in [4.69, 9.17) is 12.2 Å². The van der Waals surface area contributed by atoms with Crippen LogP contribution in [0.2, 0.25) is 0 Å². The molecule has 2 aromatic carbocycles. The van der Waals surface area contributed by atoms with Gasteiger partial charge in [0.05, 0.1) is 6.61 Å². The molecule has 0 amide bonds. The molecule has 148 valence electrons. The van der Waals surface area contributed by atoms with Gasteiger partial charge in [0.15, 0.2) is 23.1 Å². The van der Waals surface area contributed by atoms with Gasteiger partial charge in [-0.15, -0.1) is 0 Å². The quantitative estimate of drug-likeness (QED) is 0.243. The number of rotatable bonds is 6. The lowest BCUT2D eigenvalue weighted by Gasteiger charge is -2.11. The van der Waals surface area contributed by atoms with Crippen LogP contribution in [0.3, 0.4) is 0 Å². The lowest BCUT2D eigenvalue weighted by atomic mass is 10.1. The third kappa shape index (κ3) is 5.04. The molecule has 0 aliphatic heterocycles. The fraction of sp³-hybridized carbons (Fsp3) is 0.130. The number of benzene rings is 2. The van der Waals surface area contributed by atoms with Crippen molar-refractivity contribution in [2.45, 2.75) is 20.0 Å². The molecule has 0 aliphatic carbocycles. The molecule has 0 bridgehead atoms. The predicted molar refractivity (Wildman–Crippen MR) is 117 cm³/mol. The Morgan fingerprint density at radius 1 is 1.07 bits per heavy atom. The highest BCUT2D eigenvalue weighted by atomic mass is 32.1. The van der Waals surface area contributed by atoms with Crippen LogP contribution in [-0.2, 0) is 13.0 Å². The van der Waals surface area contributed by atoms with E-state index in [9.17, 15) is 14.6 Å². The van der Waals surface area contributed by atoms with Crippen LogP contribution < -0.4 is 9.88 Å². The van der Waals surface area contributed by atoms with Gasteiger partial charge in [-0.25, -0.2) is 4.39 Å². The Balaban J connectivity index is 2.07. The Kier molecular flexibility index (Phi) is 6.69. The molecule has 1 aromatic heterocycles. The van der Waals surface area contributed by atoms with Gasteiger partial charge in [0, 0.05) is 22.9 Å². The molecule has 0 atom stereocenters. The Bertz CT molecular complexity index is 1050. The molecule has 4 nitrogen and oxygen atoms in total. The molecule has 3 aromatic rings. The molecule has 0 unspecified atom stereocenters. The van der Waals surface area contributed by atoms with E-state index in [0.717, 1.165) is 17.7 Å². The highest BCUT2D eigenvalue weighted by Crippen LogP contribution is 2.20. The molecule has 0 saturated heterocycles. The monoisotopic (exact) mass is 409 g/mol. The zero-order valence-electron chi connectivity index (χ0n) is 16.0. The number of pyridine rings is 1. The summed E-state index contributed by atoms with van der Waals surface area (Å²) in [5.41, 5.74) is 3.37. The molecule has 0 aliphatic rings. The molecule has 3 N–H and O–H groups in total. The Morgan fingerprint density at radius 3 is 2.48 bits per heavy atom. The molecule has 3 rings (SSSR count). The van der Waals surface area contributed by atoms with Crippen LogP contribution in [0.4, 0.5) is 10.1 Å². The van der Waals surface area contributed by atoms with Gasteiger partial charge in [-0.1, -0.05) is 31.3 Å². The predicted octanol–water partition coefficient (Wildman–Crippen LogP) is 4.49. The van der Waals surface area contributed by atoms with Crippen LogP contribution in [-0.4, -0.2) is 15.2 Å². The number of hydrogen-bond donors (Lipinski definition) is 3. The number of nitrogens with zero attached hydrogens (tertiary/aromatic N) is 1. The molecule has 29 heavy (non-hydrogen) atoms. The SMILES string of the molecule is CCc1cccc(NC(=S)C(=C(O)c2ccc(F)cc2)[n+]2cccc(CO)c2)c1. The van der Waals surface area contributed by atoms with Crippen LogP contribution in [0.1, 0.15) is 23.6 Å². The Hall–Kier alpha value is -3.09. The average molecular weight is 410 g/mol. The second kappa shape index (κ2) is 9.41. The van der Waals surface area contributed by atoms with Gasteiger partial charge in [-0.05, 0) is 54.4 Å². The van der Waals surface area contributed by atoms with Gasteiger partial charge in [-0.3, -0.25) is 0 Å². The molecular weight excluding hydrogens is 387 g/mol. The normalized spacial score (nSPS) is 11.7. The van der Waals surface area contributed by atoms with E-state index in [1.54, 1.807) is 29.1 Å². The summed E-state index contributed by atoms with van der Waals surface area (Å²) in [6.07, 6.45) is 4.30. The summed E-state index contributed by atoms with van der Waals surface area (Å²) in [6.45, 7) is 1.92. The van der Waals surface area contributed by atoms with Gasteiger partial charge in [0.25, 0.3) is 5.70 Å². The smallest absolute Gasteiger partial charge is 0.288 e. The first-order chi connectivity index (χ1) is 14.0. The van der Waals surface area contributed by atoms with Gasteiger partial charge >= 0.3 is 0 Å². The lowest BCUT2D eigenvalue weighted by molar-refractivity contribution is -0.576. The summed E-state index contributed by atoms with van der Waals surface area (Å²) in [5.74, 6) is -0.496. The van der Waals surface area contributed by atoms with Gasteiger partial charge in [0.2, 0.25) is 0 Å². The third-order valence-electron chi connectivity index (χ3n) is 4.45. The maximum absolute atomic E-state index is 13.3. The van der Waals surface area contributed by atoms with Crippen LogP contribution >= 0.6 is 12.2 Å². The van der Waals surface area contributed by atoms with E-state index in [2.05, 4.69) is 12.2 Å². The number of nitrogens with one attached hydrogen (secondary N) is 1. The van der Waals surface area contributed by atoms with Crippen LogP contribution in [0.25, 0.3) is 11.5 Å². The van der Waals surface area contributed by atoms with Crippen molar-refractivity contribution in [3.05, 3.63) is 95.6 Å². The molecule has 0 radical (unpaired) electrons. The summed E-state index contributed by atoms with van der Waals surface area (Å²) in [7, 11) is 0. The molecule has 1 heterocycles. The number of anilines is 1. The number of aliphatic hydroxyl groups is 2.